The maximum absolute atomic E-state index is 12.8. The van der Waals surface area contributed by atoms with Gasteiger partial charge in [-0.25, -0.2) is 9.31 Å². The van der Waals surface area contributed by atoms with Crippen molar-refractivity contribution in [2.75, 3.05) is 57.8 Å². The molecule has 5 heterocycles. The molecule has 9 nitrogen and oxygen atoms in total. The van der Waals surface area contributed by atoms with E-state index < -0.39 is 0 Å². The van der Waals surface area contributed by atoms with Crippen LogP contribution < -0.4 is 4.90 Å². The Labute approximate surface area is 238 Å². The van der Waals surface area contributed by atoms with E-state index in [1.165, 1.54) is 5.56 Å². The maximum atomic E-state index is 12.8. The molecule has 0 N–H and O–H groups in total. The van der Waals surface area contributed by atoms with Crippen LogP contribution in [-0.2, 0) is 10.3 Å². The van der Waals surface area contributed by atoms with Gasteiger partial charge in [0.1, 0.15) is 0 Å². The highest BCUT2D eigenvalue weighted by molar-refractivity contribution is 5.79. The number of amides is 2. The fourth-order valence-corrected chi connectivity index (χ4v) is 6.02. The maximum Gasteiger partial charge on any atom is 0.320 e. The van der Waals surface area contributed by atoms with Gasteiger partial charge >= 0.3 is 6.03 Å². The SMILES string of the molecule is CCOC1(c2ccc(-c3cc4c(N5CCN(C(=O)N(C)C(C)C)CC5)ccnn4c3)nc2)CCN(C(C)C)CC1. The van der Waals surface area contributed by atoms with Crippen LogP contribution >= 0.6 is 0 Å². The molecule has 3 aromatic rings. The third kappa shape index (κ3) is 5.54. The normalized spacial score (nSPS) is 18.2. The van der Waals surface area contributed by atoms with Crippen LogP contribution in [0.5, 0.6) is 0 Å². The fourth-order valence-electron chi connectivity index (χ4n) is 6.02. The van der Waals surface area contributed by atoms with E-state index in [0.29, 0.717) is 25.7 Å². The number of anilines is 1. The molecule has 0 unspecified atom stereocenters. The standard InChI is InChI=1S/C31H45N7O2/c1-7-40-31(11-14-35(15-12-31)24(4)5)26-8-9-27(32-21-26)25-20-29-28(10-13-33-38(29)22-25)36-16-18-37(19-17-36)30(39)34(6)23(2)3/h8-10,13,20-24H,7,11-12,14-19H2,1-6H3. The number of likely N-dealkylation sites (tertiary alicyclic amines) is 1. The number of hydrogen-bond acceptors (Lipinski definition) is 6. The second kappa shape index (κ2) is 11.7. The Morgan fingerprint density at radius 1 is 1.05 bits per heavy atom. The third-order valence-corrected chi connectivity index (χ3v) is 8.80. The van der Waals surface area contributed by atoms with Crippen LogP contribution in [0.25, 0.3) is 16.8 Å². The highest BCUT2D eigenvalue weighted by Gasteiger charge is 2.38. The van der Waals surface area contributed by atoms with Crippen LogP contribution in [0.15, 0.2) is 42.9 Å². The van der Waals surface area contributed by atoms with Crippen LogP contribution in [0.2, 0.25) is 0 Å². The summed E-state index contributed by atoms with van der Waals surface area (Å²) in [4.78, 5) is 26.3. The van der Waals surface area contributed by atoms with Gasteiger partial charge in [-0.15, -0.1) is 0 Å². The van der Waals surface area contributed by atoms with Crippen molar-refractivity contribution in [1.29, 1.82) is 0 Å². The zero-order chi connectivity index (χ0) is 28.4. The molecular weight excluding hydrogens is 502 g/mol. The summed E-state index contributed by atoms with van der Waals surface area (Å²) in [6.07, 6.45) is 7.88. The zero-order valence-electron chi connectivity index (χ0n) is 25.0. The summed E-state index contributed by atoms with van der Waals surface area (Å²) in [5, 5.41) is 4.58. The average molecular weight is 548 g/mol. The second-order valence-electron chi connectivity index (χ2n) is 11.7. The molecular formula is C31H45N7O2. The molecule has 2 aliphatic heterocycles. The summed E-state index contributed by atoms with van der Waals surface area (Å²) < 4.78 is 8.33. The molecule has 40 heavy (non-hydrogen) atoms. The molecule has 0 radical (unpaired) electrons. The van der Waals surface area contributed by atoms with E-state index in [1.54, 1.807) is 0 Å². The topological polar surface area (TPSA) is 69.5 Å². The quantitative estimate of drug-likeness (QED) is 0.427. The van der Waals surface area contributed by atoms with E-state index >= 15 is 0 Å². The first-order chi connectivity index (χ1) is 19.2. The predicted octanol–water partition coefficient (Wildman–Crippen LogP) is 4.71. The summed E-state index contributed by atoms with van der Waals surface area (Å²) in [7, 11) is 1.88. The van der Waals surface area contributed by atoms with Gasteiger partial charge in [-0.2, -0.15) is 5.10 Å². The van der Waals surface area contributed by atoms with Gasteiger partial charge in [-0.1, -0.05) is 6.07 Å². The number of carbonyl (C=O) groups is 1. The number of pyridine rings is 1. The summed E-state index contributed by atoms with van der Waals surface area (Å²) in [6.45, 7) is 16.5. The second-order valence-corrected chi connectivity index (χ2v) is 11.7. The molecule has 2 aliphatic rings. The van der Waals surface area contributed by atoms with Gasteiger partial charge < -0.3 is 24.3 Å². The molecule has 2 saturated heterocycles. The van der Waals surface area contributed by atoms with E-state index in [2.05, 4.69) is 66.1 Å². The Hall–Kier alpha value is -3.17. The van der Waals surface area contributed by atoms with Crippen molar-refractivity contribution in [2.45, 2.75) is 65.1 Å². The van der Waals surface area contributed by atoms with Gasteiger partial charge in [0.15, 0.2) is 0 Å². The van der Waals surface area contributed by atoms with Crippen LogP contribution in [-0.4, -0.2) is 100 Å². The van der Waals surface area contributed by atoms with Crippen molar-refractivity contribution in [1.82, 2.24) is 29.3 Å². The minimum Gasteiger partial charge on any atom is -0.370 e. The number of fused-ring (bicyclic) bond motifs is 1. The molecule has 0 bridgehead atoms. The van der Waals surface area contributed by atoms with Crippen LogP contribution in [0.1, 0.15) is 53.0 Å². The monoisotopic (exact) mass is 547 g/mol. The highest BCUT2D eigenvalue weighted by atomic mass is 16.5. The molecule has 0 saturated carbocycles. The van der Waals surface area contributed by atoms with Gasteiger partial charge in [0, 0.05) is 94.7 Å². The van der Waals surface area contributed by atoms with Gasteiger partial charge in [0.05, 0.1) is 22.5 Å². The van der Waals surface area contributed by atoms with Crippen molar-refractivity contribution in [3.63, 3.8) is 0 Å². The lowest BCUT2D eigenvalue weighted by Gasteiger charge is -2.43. The Morgan fingerprint density at radius 3 is 2.38 bits per heavy atom. The van der Waals surface area contributed by atoms with Crippen molar-refractivity contribution in [2.24, 2.45) is 0 Å². The van der Waals surface area contributed by atoms with E-state index in [-0.39, 0.29) is 17.7 Å². The number of piperidine rings is 1. The highest BCUT2D eigenvalue weighted by Crippen LogP contribution is 2.38. The number of carbonyl (C=O) groups excluding carboxylic acids is 1. The number of ether oxygens (including phenoxy) is 1. The largest absolute Gasteiger partial charge is 0.370 e. The van der Waals surface area contributed by atoms with Crippen LogP contribution in [0.3, 0.4) is 0 Å². The molecule has 3 aromatic heterocycles. The predicted molar refractivity (Wildman–Crippen MR) is 160 cm³/mol. The molecule has 0 spiro atoms. The Kier molecular flexibility index (Phi) is 8.33. The lowest BCUT2D eigenvalue weighted by Crippen LogP contribution is -2.53. The average Bonchev–Trinajstić information content (AvgIpc) is 3.42. The molecule has 5 rings (SSSR count). The Balaban J connectivity index is 1.32. The van der Waals surface area contributed by atoms with Crippen molar-refractivity contribution in [3.8, 4) is 11.3 Å². The van der Waals surface area contributed by atoms with Crippen molar-refractivity contribution < 1.29 is 9.53 Å². The first-order valence-corrected chi connectivity index (χ1v) is 14.8. The minimum atomic E-state index is -0.265. The van der Waals surface area contributed by atoms with Crippen molar-refractivity contribution >= 4 is 17.2 Å². The summed E-state index contributed by atoms with van der Waals surface area (Å²) in [5.74, 6) is 0. The smallest absolute Gasteiger partial charge is 0.320 e. The molecule has 2 amide bonds. The first kappa shape index (κ1) is 28.4. The number of nitrogens with zero attached hydrogens (tertiary/aromatic N) is 7. The zero-order valence-corrected chi connectivity index (χ0v) is 25.0. The number of urea groups is 1. The molecule has 0 aliphatic carbocycles. The number of rotatable bonds is 7. The molecule has 9 heteroatoms. The molecule has 2 fully saturated rings. The fraction of sp³-hybridized carbons (Fsp3) is 0.581. The van der Waals surface area contributed by atoms with Crippen LogP contribution in [0, 0.1) is 0 Å². The lowest BCUT2D eigenvalue weighted by atomic mass is 9.84. The van der Waals surface area contributed by atoms with E-state index in [4.69, 9.17) is 9.72 Å². The first-order valence-electron chi connectivity index (χ1n) is 14.8. The molecule has 0 atom stereocenters. The molecule has 0 aromatic carbocycles. The minimum absolute atomic E-state index is 0.102. The summed E-state index contributed by atoms with van der Waals surface area (Å²) in [6, 6.07) is 9.41. The Bertz CT molecular complexity index is 1290. The summed E-state index contributed by atoms with van der Waals surface area (Å²) >= 11 is 0. The van der Waals surface area contributed by atoms with E-state index in [9.17, 15) is 4.79 Å². The third-order valence-electron chi connectivity index (χ3n) is 8.80. The number of hydrogen-bond donors (Lipinski definition) is 0. The van der Waals surface area contributed by atoms with Gasteiger partial charge in [-0.05, 0) is 65.7 Å². The summed E-state index contributed by atoms with van der Waals surface area (Å²) in [5.41, 5.74) is 5.06. The number of piperazine rings is 1. The molecule has 216 valence electrons. The number of aromatic nitrogens is 3. The Morgan fingerprint density at radius 2 is 1.77 bits per heavy atom. The van der Waals surface area contributed by atoms with Crippen LogP contribution in [0.4, 0.5) is 10.5 Å². The van der Waals surface area contributed by atoms with Crippen molar-refractivity contribution in [3.05, 3.63) is 48.4 Å². The van der Waals surface area contributed by atoms with E-state index in [1.807, 2.05) is 47.6 Å². The lowest BCUT2D eigenvalue weighted by molar-refractivity contribution is -0.0888. The van der Waals surface area contributed by atoms with Gasteiger partial charge in [-0.3, -0.25) is 4.98 Å². The van der Waals surface area contributed by atoms with E-state index in [0.717, 1.165) is 61.5 Å². The van der Waals surface area contributed by atoms with Gasteiger partial charge in [0.2, 0.25) is 0 Å². The van der Waals surface area contributed by atoms with Gasteiger partial charge in [0.25, 0.3) is 0 Å².